The maximum Gasteiger partial charge on any atom is 0.412 e. The Kier molecular flexibility index (Phi) is 5.22. The quantitative estimate of drug-likeness (QED) is 0.809. The molecular weight excluding hydrogens is 240 g/mol. The Labute approximate surface area is 105 Å². The van der Waals surface area contributed by atoms with Crippen LogP contribution in [0.1, 0.15) is 6.92 Å². The molecule has 0 saturated heterocycles. The number of thiocarbonyl (C=S) groups is 1. The number of anilines is 1. The summed E-state index contributed by atoms with van der Waals surface area (Å²) >= 11 is 4.86. The second kappa shape index (κ2) is 6.70. The second-order valence-electron chi connectivity index (χ2n) is 3.06. The lowest BCUT2D eigenvalue weighted by molar-refractivity contribution is 0.201. The molecule has 92 valence electrons. The minimum absolute atomic E-state index is 0.250. The minimum Gasteiger partial charge on any atom is -0.474 e. The molecule has 0 unspecified atom stereocenters. The number of carbonyl (C=O) groups is 1. The van der Waals surface area contributed by atoms with Gasteiger partial charge in [0.05, 0.1) is 7.11 Å². The molecule has 0 heterocycles. The van der Waals surface area contributed by atoms with E-state index >= 15 is 0 Å². The number of hydrogen-bond donors (Lipinski definition) is 2. The molecule has 5 nitrogen and oxygen atoms in total. The van der Waals surface area contributed by atoms with Crippen LogP contribution in [0.15, 0.2) is 24.3 Å². The molecule has 1 amide bonds. The number of carbonyl (C=O) groups excluding carboxylic acids is 1. The summed E-state index contributed by atoms with van der Waals surface area (Å²) in [6.45, 7) is 2.33. The lowest BCUT2D eigenvalue weighted by Gasteiger charge is -2.08. The van der Waals surface area contributed by atoms with Gasteiger partial charge in [0, 0.05) is 18.3 Å². The highest BCUT2D eigenvalue weighted by atomic mass is 32.1. The van der Waals surface area contributed by atoms with Crippen molar-refractivity contribution in [2.24, 2.45) is 0 Å². The highest BCUT2D eigenvalue weighted by Crippen LogP contribution is 2.17. The average Bonchev–Trinajstić information content (AvgIpc) is 2.29. The number of benzene rings is 1. The number of rotatable bonds is 3. The average molecular weight is 254 g/mol. The van der Waals surface area contributed by atoms with Crippen molar-refractivity contribution in [3.05, 3.63) is 24.3 Å². The van der Waals surface area contributed by atoms with Gasteiger partial charge in [-0.25, -0.2) is 4.79 Å². The van der Waals surface area contributed by atoms with Gasteiger partial charge in [0.25, 0.3) is 5.17 Å². The van der Waals surface area contributed by atoms with Gasteiger partial charge >= 0.3 is 6.09 Å². The number of nitrogens with one attached hydrogen (secondary N) is 2. The first kappa shape index (κ1) is 13.2. The standard InChI is InChI=1S/C11H14N2O3S/c1-3-12-10(14)16-9-6-4-5-8(7-9)13-11(17)15-2/h4-7H,3H2,1-2H3,(H,12,14)(H,13,17). The lowest BCUT2D eigenvalue weighted by Crippen LogP contribution is -2.26. The molecule has 17 heavy (non-hydrogen) atoms. The molecule has 6 heteroatoms. The molecule has 0 aliphatic carbocycles. The van der Waals surface area contributed by atoms with Crippen LogP contribution in [-0.2, 0) is 4.74 Å². The third kappa shape index (κ3) is 4.69. The number of ether oxygens (including phenoxy) is 2. The molecule has 0 fully saturated rings. The topological polar surface area (TPSA) is 59.6 Å². The molecule has 0 bridgehead atoms. The van der Waals surface area contributed by atoms with Crippen LogP contribution in [0.25, 0.3) is 0 Å². The zero-order chi connectivity index (χ0) is 12.7. The van der Waals surface area contributed by atoms with E-state index in [0.29, 0.717) is 18.0 Å². The van der Waals surface area contributed by atoms with Crippen molar-refractivity contribution in [1.82, 2.24) is 5.32 Å². The smallest absolute Gasteiger partial charge is 0.412 e. The van der Waals surface area contributed by atoms with Gasteiger partial charge in [-0.15, -0.1) is 0 Å². The van der Waals surface area contributed by atoms with Gasteiger partial charge in [-0.2, -0.15) is 0 Å². The number of amides is 1. The van der Waals surface area contributed by atoms with Crippen molar-refractivity contribution in [1.29, 1.82) is 0 Å². The normalized spacial score (nSPS) is 9.29. The molecule has 0 aliphatic heterocycles. The molecule has 1 aromatic carbocycles. The van der Waals surface area contributed by atoms with E-state index in [9.17, 15) is 4.79 Å². The van der Waals surface area contributed by atoms with Gasteiger partial charge in [-0.3, -0.25) is 0 Å². The summed E-state index contributed by atoms with van der Waals surface area (Å²) in [4.78, 5) is 11.2. The van der Waals surface area contributed by atoms with Gasteiger partial charge in [0.15, 0.2) is 0 Å². The van der Waals surface area contributed by atoms with Crippen LogP contribution in [-0.4, -0.2) is 24.9 Å². The van der Waals surface area contributed by atoms with Crippen LogP contribution in [0, 0.1) is 0 Å². The third-order valence-electron chi connectivity index (χ3n) is 1.80. The Hall–Kier alpha value is -1.82. The van der Waals surface area contributed by atoms with Gasteiger partial charge in [-0.05, 0) is 31.3 Å². The van der Waals surface area contributed by atoms with Crippen molar-refractivity contribution in [2.75, 3.05) is 19.0 Å². The summed E-state index contributed by atoms with van der Waals surface area (Å²) in [5.41, 5.74) is 0.693. The Balaban J connectivity index is 2.65. The molecule has 2 N–H and O–H groups in total. The SMILES string of the molecule is CCNC(=O)Oc1cccc(NC(=S)OC)c1. The first-order chi connectivity index (χ1) is 8.15. The molecule has 0 radical (unpaired) electrons. The Morgan fingerprint density at radius 1 is 1.47 bits per heavy atom. The molecule has 0 saturated carbocycles. The van der Waals surface area contributed by atoms with E-state index in [1.54, 1.807) is 24.3 Å². The third-order valence-corrected chi connectivity index (χ3v) is 2.07. The van der Waals surface area contributed by atoms with Crippen LogP contribution in [0.2, 0.25) is 0 Å². The fraction of sp³-hybridized carbons (Fsp3) is 0.273. The van der Waals surface area contributed by atoms with E-state index in [4.69, 9.17) is 21.7 Å². The maximum atomic E-state index is 11.2. The zero-order valence-electron chi connectivity index (χ0n) is 9.65. The van der Waals surface area contributed by atoms with Crippen molar-refractivity contribution >= 4 is 29.2 Å². The van der Waals surface area contributed by atoms with Crippen molar-refractivity contribution < 1.29 is 14.3 Å². The van der Waals surface area contributed by atoms with Gasteiger partial charge in [0.2, 0.25) is 0 Å². The monoisotopic (exact) mass is 254 g/mol. The zero-order valence-corrected chi connectivity index (χ0v) is 10.5. The summed E-state index contributed by atoms with van der Waals surface area (Å²) in [5.74, 6) is 0.430. The summed E-state index contributed by atoms with van der Waals surface area (Å²) in [5, 5.41) is 5.62. The van der Waals surface area contributed by atoms with Gasteiger partial charge < -0.3 is 20.1 Å². The lowest BCUT2D eigenvalue weighted by atomic mass is 10.3. The first-order valence-electron chi connectivity index (χ1n) is 5.06. The summed E-state index contributed by atoms with van der Waals surface area (Å²) in [6.07, 6.45) is -0.487. The summed E-state index contributed by atoms with van der Waals surface area (Å²) in [6, 6.07) is 6.86. The summed E-state index contributed by atoms with van der Waals surface area (Å²) < 4.78 is 9.85. The maximum absolute atomic E-state index is 11.2. The van der Waals surface area contributed by atoms with E-state index in [1.165, 1.54) is 7.11 Å². The van der Waals surface area contributed by atoms with Crippen molar-refractivity contribution in [3.8, 4) is 5.75 Å². The van der Waals surface area contributed by atoms with Crippen molar-refractivity contribution in [3.63, 3.8) is 0 Å². The number of methoxy groups -OCH3 is 1. The van der Waals surface area contributed by atoms with Gasteiger partial charge in [-0.1, -0.05) is 6.07 Å². The molecule has 0 aliphatic rings. The van der Waals surface area contributed by atoms with Crippen LogP contribution in [0.5, 0.6) is 5.75 Å². The second-order valence-corrected chi connectivity index (χ2v) is 3.44. The molecule has 0 spiro atoms. The number of hydrogen-bond acceptors (Lipinski definition) is 4. The summed E-state index contributed by atoms with van der Waals surface area (Å²) in [7, 11) is 1.48. The minimum atomic E-state index is -0.487. The van der Waals surface area contributed by atoms with Crippen LogP contribution in [0.3, 0.4) is 0 Å². The van der Waals surface area contributed by atoms with E-state index in [0.717, 1.165) is 0 Å². The fourth-order valence-corrected chi connectivity index (χ4v) is 1.21. The molecule has 0 aromatic heterocycles. The van der Waals surface area contributed by atoms with Gasteiger partial charge in [0.1, 0.15) is 5.75 Å². The fourth-order valence-electron chi connectivity index (χ4n) is 1.09. The van der Waals surface area contributed by atoms with E-state index < -0.39 is 6.09 Å². The van der Waals surface area contributed by atoms with Crippen LogP contribution < -0.4 is 15.4 Å². The molecule has 1 aromatic rings. The van der Waals surface area contributed by atoms with E-state index in [2.05, 4.69) is 10.6 Å². The van der Waals surface area contributed by atoms with E-state index in [1.807, 2.05) is 6.92 Å². The molecule has 0 atom stereocenters. The van der Waals surface area contributed by atoms with Crippen LogP contribution >= 0.6 is 12.2 Å². The highest BCUT2D eigenvalue weighted by Gasteiger charge is 2.04. The first-order valence-corrected chi connectivity index (χ1v) is 5.47. The van der Waals surface area contributed by atoms with E-state index in [-0.39, 0.29) is 5.17 Å². The molecule has 1 rings (SSSR count). The molecular formula is C11H14N2O3S. The Morgan fingerprint density at radius 3 is 2.88 bits per heavy atom. The Bertz CT molecular complexity index is 409. The van der Waals surface area contributed by atoms with Crippen LogP contribution in [0.4, 0.5) is 10.5 Å². The predicted molar refractivity (Wildman–Crippen MR) is 69.4 cm³/mol. The van der Waals surface area contributed by atoms with Crippen molar-refractivity contribution in [2.45, 2.75) is 6.92 Å². The Morgan fingerprint density at radius 2 is 2.24 bits per heavy atom. The largest absolute Gasteiger partial charge is 0.474 e. The predicted octanol–water partition coefficient (Wildman–Crippen LogP) is 2.14. The highest BCUT2D eigenvalue weighted by molar-refractivity contribution is 7.80.